The Morgan fingerprint density at radius 3 is 2.52 bits per heavy atom. The smallest absolute Gasteiger partial charge is 0.257 e. The number of fused-ring (bicyclic) bond motifs is 1. The van der Waals surface area contributed by atoms with Gasteiger partial charge in [0.05, 0.1) is 24.6 Å². The van der Waals surface area contributed by atoms with Gasteiger partial charge in [-0.2, -0.15) is 5.10 Å². The second-order valence-corrected chi connectivity index (χ2v) is 11.9. The van der Waals surface area contributed by atoms with E-state index in [2.05, 4.69) is 70.5 Å². The molecule has 1 aliphatic heterocycles. The Bertz CT molecular complexity index is 1770. The molecular weight excluding hydrogens is 554 g/mol. The van der Waals surface area contributed by atoms with Crippen LogP contribution in [0.4, 0.5) is 11.6 Å². The first-order valence-electron chi connectivity index (χ1n) is 14.8. The third-order valence-electron chi connectivity index (χ3n) is 7.63. The van der Waals surface area contributed by atoms with Gasteiger partial charge in [-0.1, -0.05) is 45.0 Å². The van der Waals surface area contributed by atoms with Crippen LogP contribution in [0.1, 0.15) is 42.4 Å². The van der Waals surface area contributed by atoms with Gasteiger partial charge in [0.1, 0.15) is 23.7 Å². The zero-order chi connectivity index (χ0) is 30.7. The van der Waals surface area contributed by atoms with E-state index in [4.69, 9.17) is 14.6 Å². The van der Waals surface area contributed by atoms with Crippen molar-refractivity contribution >= 4 is 28.3 Å². The van der Waals surface area contributed by atoms with Gasteiger partial charge in [-0.15, -0.1) is 0 Å². The molecule has 10 heteroatoms. The topological polar surface area (TPSA) is 106 Å². The number of nitrogens with one attached hydrogen (secondary N) is 2. The average molecular weight is 592 g/mol. The van der Waals surface area contributed by atoms with Gasteiger partial charge < -0.3 is 20.1 Å². The van der Waals surface area contributed by atoms with Crippen molar-refractivity contribution in [3.8, 4) is 17.3 Å². The molecule has 0 saturated carbocycles. The highest BCUT2D eigenvalue weighted by Gasteiger charge is 2.22. The molecule has 0 atom stereocenters. The summed E-state index contributed by atoms with van der Waals surface area (Å²) >= 11 is 0. The fourth-order valence-corrected chi connectivity index (χ4v) is 5.15. The Kier molecular flexibility index (Phi) is 8.28. The number of morpholine rings is 1. The molecule has 5 aromatic rings. The van der Waals surface area contributed by atoms with Crippen LogP contribution in [0.5, 0.6) is 11.6 Å². The fourth-order valence-electron chi connectivity index (χ4n) is 5.15. The Morgan fingerprint density at radius 2 is 1.77 bits per heavy atom. The van der Waals surface area contributed by atoms with E-state index < -0.39 is 0 Å². The molecular formula is C34H37N7O3. The molecule has 1 saturated heterocycles. The Hall–Kier alpha value is -4.80. The van der Waals surface area contributed by atoms with Gasteiger partial charge in [-0.25, -0.2) is 14.6 Å². The summed E-state index contributed by atoms with van der Waals surface area (Å²) in [7, 11) is 1.79. The summed E-state index contributed by atoms with van der Waals surface area (Å²) < 4.78 is 13.3. The largest absolute Gasteiger partial charge is 0.439 e. The summed E-state index contributed by atoms with van der Waals surface area (Å²) in [6.07, 6.45) is 1.44. The standard InChI is InChI=1S/C34H37N7O3/c1-34(2,3)29-19-31(41(39-29)25-10-8-23(9-11-25)21-40-14-16-43-17-15-40)38-33(42)28-7-5-6-24-18-26(12-13-27(24)28)44-32-20-30(35-4)36-22-37-32/h5-13,18-20,22H,14-17,21H2,1-4H3,(H,38,42)(H,35,36,37). The van der Waals surface area contributed by atoms with Crippen molar-refractivity contribution in [2.24, 2.45) is 0 Å². The molecule has 0 aliphatic carbocycles. The van der Waals surface area contributed by atoms with E-state index in [1.807, 2.05) is 47.1 Å². The number of anilines is 2. The Morgan fingerprint density at radius 1 is 0.977 bits per heavy atom. The summed E-state index contributed by atoms with van der Waals surface area (Å²) in [5, 5.41) is 12.7. The van der Waals surface area contributed by atoms with Crippen LogP contribution in [-0.2, 0) is 16.7 Å². The predicted molar refractivity (Wildman–Crippen MR) is 172 cm³/mol. The lowest BCUT2D eigenvalue weighted by Crippen LogP contribution is -2.35. The van der Waals surface area contributed by atoms with Crippen molar-refractivity contribution in [2.75, 3.05) is 44.0 Å². The quantitative estimate of drug-likeness (QED) is 0.225. The van der Waals surface area contributed by atoms with Crippen molar-refractivity contribution in [1.82, 2.24) is 24.6 Å². The van der Waals surface area contributed by atoms with Gasteiger partial charge in [0.2, 0.25) is 5.88 Å². The summed E-state index contributed by atoms with van der Waals surface area (Å²) in [5.74, 6) is 2.09. The highest BCUT2D eigenvalue weighted by molar-refractivity contribution is 6.13. The van der Waals surface area contributed by atoms with Crippen LogP contribution in [-0.4, -0.2) is 63.9 Å². The SMILES string of the molecule is CNc1cc(Oc2ccc3c(C(=O)Nc4cc(C(C)(C)C)nn4-c4ccc(CN5CCOCC5)cc4)cccc3c2)ncn1. The molecule has 0 unspecified atom stereocenters. The zero-order valence-corrected chi connectivity index (χ0v) is 25.5. The maximum absolute atomic E-state index is 13.8. The summed E-state index contributed by atoms with van der Waals surface area (Å²) in [5.41, 5.74) is 3.35. The fraction of sp³-hybridized carbons (Fsp3) is 0.294. The molecule has 2 N–H and O–H groups in total. The van der Waals surface area contributed by atoms with Crippen LogP contribution < -0.4 is 15.4 Å². The van der Waals surface area contributed by atoms with Gasteiger partial charge in [0.15, 0.2) is 0 Å². The predicted octanol–water partition coefficient (Wildman–Crippen LogP) is 6.03. The molecule has 6 rings (SSSR count). The molecule has 1 fully saturated rings. The van der Waals surface area contributed by atoms with Gasteiger partial charge >= 0.3 is 0 Å². The van der Waals surface area contributed by atoms with E-state index in [0.717, 1.165) is 55.0 Å². The lowest BCUT2D eigenvalue weighted by Gasteiger charge is -2.26. The molecule has 10 nitrogen and oxygen atoms in total. The first kappa shape index (κ1) is 29.3. The molecule has 1 aliphatic rings. The molecule has 3 heterocycles. The highest BCUT2D eigenvalue weighted by atomic mass is 16.5. The van der Waals surface area contributed by atoms with Crippen LogP contribution >= 0.6 is 0 Å². The average Bonchev–Trinajstić information content (AvgIpc) is 3.46. The van der Waals surface area contributed by atoms with Gasteiger partial charge in [0.25, 0.3) is 5.91 Å². The van der Waals surface area contributed by atoms with Crippen LogP contribution in [0.15, 0.2) is 79.1 Å². The minimum Gasteiger partial charge on any atom is -0.439 e. The number of carbonyl (C=O) groups is 1. The molecule has 1 amide bonds. The van der Waals surface area contributed by atoms with Crippen LogP contribution in [0.3, 0.4) is 0 Å². The Balaban J connectivity index is 1.25. The maximum atomic E-state index is 13.8. The van der Waals surface area contributed by atoms with E-state index >= 15 is 0 Å². The first-order valence-corrected chi connectivity index (χ1v) is 14.8. The van der Waals surface area contributed by atoms with Crippen molar-refractivity contribution in [1.29, 1.82) is 0 Å². The molecule has 0 spiro atoms. The first-order chi connectivity index (χ1) is 21.3. The Labute approximate surface area is 257 Å². The molecule has 2 aromatic heterocycles. The monoisotopic (exact) mass is 591 g/mol. The second-order valence-electron chi connectivity index (χ2n) is 11.9. The number of ether oxygens (including phenoxy) is 2. The molecule has 3 aromatic carbocycles. The second kappa shape index (κ2) is 12.4. The number of hydrogen-bond donors (Lipinski definition) is 2. The van der Waals surface area contributed by atoms with Gasteiger partial charge in [-0.05, 0) is 52.7 Å². The van der Waals surface area contributed by atoms with E-state index in [0.29, 0.717) is 28.8 Å². The molecule has 0 radical (unpaired) electrons. The highest BCUT2D eigenvalue weighted by Crippen LogP contribution is 2.30. The van der Waals surface area contributed by atoms with E-state index in [-0.39, 0.29) is 11.3 Å². The lowest BCUT2D eigenvalue weighted by molar-refractivity contribution is 0.0342. The summed E-state index contributed by atoms with van der Waals surface area (Å²) in [6, 6.07) is 23.3. The summed E-state index contributed by atoms with van der Waals surface area (Å²) in [4.78, 5) is 24.5. The third-order valence-corrected chi connectivity index (χ3v) is 7.63. The molecule has 226 valence electrons. The van der Waals surface area contributed by atoms with E-state index in [9.17, 15) is 4.79 Å². The third kappa shape index (κ3) is 6.56. The number of nitrogens with zero attached hydrogens (tertiary/aromatic N) is 5. The molecule has 44 heavy (non-hydrogen) atoms. The number of carbonyl (C=O) groups excluding carboxylic acids is 1. The van der Waals surface area contributed by atoms with Crippen LogP contribution in [0.2, 0.25) is 0 Å². The minimum absolute atomic E-state index is 0.200. The zero-order valence-electron chi connectivity index (χ0n) is 25.5. The van der Waals surface area contributed by atoms with E-state index in [1.54, 1.807) is 13.1 Å². The van der Waals surface area contributed by atoms with Crippen molar-refractivity contribution < 1.29 is 14.3 Å². The molecule has 0 bridgehead atoms. The van der Waals surface area contributed by atoms with E-state index in [1.165, 1.54) is 11.9 Å². The number of benzene rings is 3. The van der Waals surface area contributed by atoms with Crippen molar-refractivity contribution in [3.63, 3.8) is 0 Å². The number of amides is 1. The minimum atomic E-state index is -0.218. The summed E-state index contributed by atoms with van der Waals surface area (Å²) in [6.45, 7) is 10.6. The van der Waals surface area contributed by atoms with Crippen LogP contribution in [0, 0.1) is 0 Å². The van der Waals surface area contributed by atoms with Crippen LogP contribution in [0.25, 0.3) is 16.5 Å². The van der Waals surface area contributed by atoms with Gasteiger partial charge in [0, 0.05) is 49.8 Å². The lowest BCUT2D eigenvalue weighted by atomic mass is 9.92. The van der Waals surface area contributed by atoms with Gasteiger partial charge in [-0.3, -0.25) is 9.69 Å². The number of rotatable bonds is 8. The number of aromatic nitrogens is 4. The normalized spacial score (nSPS) is 14.0. The van der Waals surface area contributed by atoms with Crippen molar-refractivity contribution in [2.45, 2.75) is 32.7 Å². The maximum Gasteiger partial charge on any atom is 0.257 e. The number of hydrogen-bond acceptors (Lipinski definition) is 8. The van der Waals surface area contributed by atoms with Crippen molar-refractivity contribution in [3.05, 3.63) is 95.9 Å².